The second-order valence-electron chi connectivity index (χ2n) is 4.91. The lowest BCUT2D eigenvalue weighted by Gasteiger charge is -2.18. The van der Waals surface area contributed by atoms with Crippen LogP contribution in [0.3, 0.4) is 0 Å². The van der Waals surface area contributed by atoms with Crippen molar-refractivity contribution in [2.75, 3.05) is 12.4 Å². The number of nitrogens with two attached hydrogens (primary N) is 1. The van der Waals surface area contributed by atoms with Gasteiger partial charge in [-0.1, -0.05) is 0 Å². The molecule has 2 atom stereocenters. The van der Waals surface area contributed by atoms with Crippen molar-refractivity contribution in [2.45, 2.75) is 31.3 Å². The number of nitro groups is 1. The molecule has 1 fully saturated rings. The number of nitrogens with zero attached hydrogens (tertiary/aromatic N) is 1. The fraction of sp³-hybridized carbons (Fsp3) is 0.462. The van der Waals surface area contributed by atoms with E-state index in [9.17, 15) is 14.9 Å². The predicted octanol–water partition coefficient (Wildman–Crippen LogP) is 1.25. The van der Waals surface area contributed by atoms with Crippen molar-refractivity contribution >= 4 is 17.3 Å². The van der Waals surface area contributed by atoms with Crippen LogP contribution in [-0.4, -0.2) is 30.0 Å². The normalized spacial score (nSPS) is 21.5. The van der Waals surface area contributed by atoms with Crippen molar-refractivity contribution in [2.24, 2.45) is 5.73 Å². The third-order valence-corrected chi connectivity index (χ3v) is 3.59. The summed E-state index contributed by atoms with van der Waals surface area (Å²) in [7, 11) is 1.52. The molecule has 1 saturated carbocycles. The molecular weight excluding hydrogens is 260 g/mol. The highest BCUT2D eigenvalue weighted by molar-refractivity contribution is 5.95. The zero-order valence-electron chi connectivity index (χ0n) is 11.3. The van der Waals surface area contributed by atoms with Gasteiger partial charge in [-0.15, -0.1) is 0 Å². The number of nitro benzene ring substituents is 1. The fourth-order valence-electron chi connectivity index (χ4n) is 2.46. The zero-order chi connectivity index (χ0) is 14.7. The first-order valence-electron chi connectivity index (χ1n) is 6.55. The summed E-state index contributed by atoms with van der Waals surface area (Å²) in [6.07, 6.45) is 2.78. The van der Waals surface area contributed by atoms with E-state index in [1.807, 2.05) is 0 Å². The molecule has 1 aliphatic carbocycles. The Morgan fingerprint density at radius 1 is 1.45 bits per heavy atom. The van der Waals surface area contributed by atoms with Crippen LogP contribution in [0.5, 0.6) is 0 Å². The van der Waals surface area contributed by atoms with Gasteiger partial charge in [0.1, 0.15) is 5.69 Å². The highest BCUT2D eigenvalue weighted by Crippen LogP contribution is 2.29. The SMILES string of the molecule is CNC(=O)c1ccc([N+](=O)[O-])c(NC2CCCC2N)c1. The van der Waals surface area contributed by atoms with E-state index in [-0.39, 0.29) is 23.7 Å². The maximum absolute atomic E-state index is 11.6. The van der Waals surface area contributed by atoms with Crippen molar-refractivity contribution in [3.05, 3.63) is 33.9 Å². The van der Waals surface area contributed by atoms with E-state index < -0.39 is 4.92 Å². The van der Waals surface area contributed by atoms with Crippen LogP contribution >= 0.6 is 0 Å². The third-order valence-electron chi connectivity index (χ3n) is 3.59. The molecule has 2 rings (SSSR count). The summed E-state index contributed by atoms with van der Waals surface area (Å²) >= 11 is 0. The molecule has 0 heterocycles. The Morgan fingerprint density at radius 3 is 2.75 bits per heavy atom. The maximum Gasteiger partial charge on any atom is 0.292 e. The lowest BCUT2D eigenvalue weighted by molar-refractivity contribution is -0.384. The van der Waals surface area contributed by atoms with Crippen molar-refractivity contribution in [1.29, 1.82) is 0 Å². The van der Waals surface area contributed by atoms with E-state index >= 15 is 0 Å². The average molecular weight is 278 g/mol. The smallest absolute Gasteiger partial charge is 0.292 e. The molecule has 7 heteroatoms. The molecule has 1 aliphatic rings. The van der Waals surface area contributed by atoms with Crippen LogP contribution in [0, 0.1) is 10.1 Å². The summed E-state index contributed by atoms with van der Waals surface area (Å²) in [6.45, 7) is 0. The first-order valence-corrected chi connectivity index (χ1v) is 6.55. The third kappa shape index (κ3) is 2.88. The van der Waals surface area contributed by atoms with Gasteiger partial charge in [0.25, 0.3) is 11.6 Å². The molecule has 108 valence electrons. The summed E-state index contributed by atoms with van der Waals surface area (Å²) in [5.41, 5.74) is 6.65. The lowest BCUT2D eigenvalue weighted by Crippen LogP contribution is -2.35. The number of amides is 1. The van der Waals surface area contributed by atoms with Crippen LogP contribution in [0.1, 0.15) is 29.6 Å². The minimum Gasteiger partial charge on any atom is -0.375 e. The highest BCUT2D eigenvalue weighted by atomic mass is 16.6. The van der Waals surface area contributed by atoms with Gasteiger partial charge >= 0.3 is 0 Å². The topological polar surface area (TPSA) is 110 Å². The average Bonchev–Trinajstić information content (AvgIpc) is 2.83. The van der Waals surface area contributed by atoms with Crippen molar-refractivity contribution in [3.8, 4) is 0 Å². The van der Waals surface area contributed by atoms with Crippen LogP contribution in [-0.2, 0) is 0 Å². The number of carbonyl (C=O) groups is 1. The standard InChI is InChI=1S/C13H18N4O3/c1-15-13(18)8-5-6-12(17(19)20)11(7-8)16-10-4-2-3-9(10)14/h5-7,9-10,16H,2-4,14H2,1H3,(H,15,18). The van der Waals surface area contributed by atoms with E-state index in [2.05, 4.69) is 10.6 Å². The second kappa shape index (κ2) is 5.87. The van der Waals surface area contributed by atoms with Gasteiger partial charge in [0.2, 0.25) is 0 Å². The Labute approximate surface area is 116 Å². The van der Waals surface area contributed by atoms with Crippen LogP contribution in [0.2, 0.25) is 0 Å². The van der Waals surface area contributed by atoms with Crippen LogP contribution < -0.4 is 16.4 Å². The van der Waals surface area contributed by atoms with Gasteiger partial charge in [-0.3, -0.25) is 14.9 Å². The molecule has 1 aromatic carbocycles. The molecule has 4 N–H and O–H groups in total. The number of hydrogen-bond acceptors (Lipinski definition) is 5. The van der Waals surface area contributed by atoms with Gasteiger partial charge in [-0.2, -0.15) is 0 Å². The molecule has 0 bridgehead atoms. The van der Waals surface area contributed by atoms with Gasteiger partial charge in [-0.05, 0) is 31.4 Å². The molecule has 7 nitrogen and oxygen atoms in total. The largest absolute Gasteiger partial charge is 0.375 e. The number of carbonyl (C=O) groups excluding carboxylic acids is 1. The number of hydrogen-bond donors (Lipinski definition) is 3. The number of anilines is 1. The monoisotopic (exact) mass is 278 g/mol. The summed E-state index contributed by atoms with van der Waals surface area (Å²) in [4.78, 5) is 22.2. The van der Waals surface area contributed by atoms with Crippen molar-refractivity contribution < 1.29 is 9.72 Å². The number of benzene rings is 1. The van der Waals surface area contributed by atoms with Gasteiger partial charge in [0.15, 0.2) is 0 Å². The molecule has 1 amide bonds. The molecule has 0 spiro atoms. The van der Waals surface area contributed by atoms with Crippen LogP contribution in [0.4, 0.5) is 11.4 Å². The highest BCUT2D eigenvalue weighted by Gasteiger charge is 2.26. The Morgan fingerprint density at radius 2 is 2.20 bits per heavy atom. The van der Waals surface area contributed by atoms with Crippen molar-refractivity contribution in [1.82, 2.24) is 5.32 Å². The quantitative estimate of drug-likeness (QED) is 0.567. The summed E-state index contributed by atoms with van der Waals surface area (Å²) in [5.74, 6) is -0.279. The lowest BCUT2D eigenvalue weighted by atomic mass is 10.1. The Balaban J connectivity index is 2.31. The van der Waals surface area contributed by atoms with E-state index in [1.165, 1.54) is 25.2 Å². The van der Waals surface area contributed by atoms with E-state index in [0.717, 1.165) is 19.3 Å². The first kappa shape index (κ1) is 14.3. The maximum atomic E-state index is 11.6. The summed E-state index contributed by atoms with van der Waals surface area (Å²) < 4.78 is 0. The molecule has 2 unspecified atom stereocenters. The summed E-state index contributed by atoms with van der Waals surface area (Å²) in [6, 6.07) is 4.28. The van der Waals surface area contributed by atoms with E-state index in [0.29, 0.717) is 11.3 Å². The molecular formula is C13H18N4O3. The van der Waals surface area contributed by atoms with Gasteiger partial charge in [-0.25, -0.2) is 0 Å². The van der Waals surface area contributed by atoms with E-state index in [1.54, 1.807) is 0 Å². The minimum absolute atomic E-state index is 0.00800. The van der Waals surface area contributed by atoms with Gasteiger partial charge in [0.05, 0.1) is 4.92 Å². The molecule has 0 saturated heterocycles. The van der Waals surface area contributed by atoms with Crippen molar-refractivity contribution in [3.63, 3.8) is 0 Å². The molecule has 1 aromatic rings. The zero-order valence-corrected chi connectivity index (χ0v) is 11.3. The first-order chi connectivity index (χ1) is 9.52. The molecule has 20 heavy (non-hydrogen) atoms. The van der Waals surface area contributed by atoms with Gasteiger partial charge in [0, 0.05) is 30.8 Å². The number of nitrogens with one attached hydrogen (secondary N) is 2. The fourth-order valence-corrected chi connectivity index (χ4v) is 2.46. The molecule has 0 aromatic heterocycles. The van der Waals surface area contributed by atoms with Crippen LogP contribution in [0.25, 0.3) is 0 Å². The Hall–Kier alpha value is -2.15. The second-order valence-corrected chi connectivity index (χ2v) is 4.91. The summed E-state index contributed by atoms with van der Waals surface area (Å²) in [5, 5.41) is 16.7. The van der Waals surface area contributed by atoms with Gasteiger partial charge < -0.3 is 16.4 Å². The Kier molecular flexibility index (Phi) is 4.19. The predicted molar refractivity (Wildman–Crippen MR) is 75.7 cm³/mol. The molecule has 0 radical (unpaired) electrons. The minimum atomic E-state index is -0.462. The van der Waals surface area contributed by atoms with E-state index in [4.69, 9.17) is 5.73 Å². The molecule has 0 aliphatic heterocycles. The number of rotatable bonds is 4. The Bertz CT molecular complexity index is 532. The van der Waals surface area contributed by atoms with Crippen LogP contribution in [0.15, 0.2) is 18.2 Å².